The number of rotatable bonds is 6. The van der Waals surface area contributed by atoms with Crippen LogP contribution < -0.4 is 5.56 Å². The second-order valence-electron chi connectivity index (χ2n) is 5.49. The molecule has 1 heterocycles. The van der Waals surface area contributed by atoms with Gasteiger partial charge in [-0.2, -0.15) is 18.8 Å². The molecular weight excluding hydrogens is 376 g/mol. The van der Waals surface area contributed by atoms with Crippen LogP contribution in [0.15, 0.2) is 44.2 Å². The van der Waals surface area contributed by atoms with E-state index in [1.165, 1.54) is 19.1 Å². The molecule has 0 saturated carbocycles. The first kappa shape index (κ1) is 20.2. The Bertz CT molecular complexity index is 1080. The van der Waals surface area contributed by atoms with Gasteiger partial charge in [0.15, 0.2) is 5.69 Å². The van der Waals surface area contributed by atoms with Crippen LogP contribution in [0.5, 0.6) is 5.88 Å². The lowest BCUT2D eigenvalue weighted by Crippen LogP contribution is -2.22. The summed E-state index contributed by atoms with van der Waals surface area (Å²) >= 11 is 0. The molecule has 142 valence electrons. The number of nitriles is 1. The van der Waals surface area contributed by atoms with E-state index in [2.05, 4.69) is 10.2 Å². The average molecular weight is 392 g/mol. The van der Waals surface area contributed by atoms with Crippen LogP contribution in [0.1, 0.15) is 17.5 Å². The molecule has 0 fully saturated rings. The van der Waals surface area contributed by atoms with Crippen molar-refractivity contribution in [1.29, 1.82) is 5.26 Å². The Labute approximate surface area is 154 Å². The summed E-state index contributed by atoms with van der Waals surface area (Å²) in [6.07, 6.45) is 0.190. The molecule has 1 aromatic heterocycles. The Morgan fingerprint density at radius 1 is 1.22 bits per heavy atom. The van der Waals surface area contributed by atoms with Gasteiger partial charge in [0, 0.05) is 18.7 Å². The molecule has 0 bridgehead atoms. The van der Waals surface area contributed by atoms with Gasteiger partial charge in [0.05, 0.1) is 10.6 Å². The van der Waals surface area contributed by atoms with Gasteiger partial charge in [-0.05, 0) is 37.6 Å². The maximum absolute atomic E-state index is 12.5. The molecule has 0 spiro atoms. The standard InChI is InChI=1S/C16H16N4O6S/c1-10-13(9-17)15(22)20(7-2-8-21)16(23)14(10)19-18-11-3-5-12(6-4-11)27(24,25)26/h3-6,21-22H,2,7-8H2,1H3,(H,24,25,26). The molecule has 2 aromatic rings. The molecular formula is C16H16N4O6S. The molecule has 2 rings (SSSR count). The highest BCUT2D eigenvalue weighted by Gasteiger charge is 2.19. The van der Waals surface area contributed by atoms with Crippen molar-refractivity contribution >= 4 is 21.5 Å². The largest absolute Gasteiger partial charge is 0.493 e. The summed E-state index contributed by atoms with van der Waals surface area (Å²) in [4.78, 5) is 12.2. The van der Waals surface area contributed by atoms with E-state index >= 15 is 0 Å². The Morgan fingerprint density at radius 2 is 1.85 bits per heavy atom. The number of aromatic nitrogens is 1. The normalized spacial score (nSPS) is 11.6. The predicted molar refractivity (Wildman–Crippen MR) is 94.0 cm³/mol. The molecule has 0 unspecified atom stereocenters. The molecule has 0 aliphatic carbocycles. The van der Waals surface area contributed by atoms with Crippen LogP contribution >= 0.6 is 0 Å². The summed E-state index contributed by atoms with van der Waals surface area (Å²) in [5, 5.41) is 35.9. The van der Waals surface area contributed by atoms with Crippen LogP contribution in [0.4, 0.5) is 11.4 Å². The van der Waals surface area contributed by atoms with Gasteiger partial charge in [-0.25, -0.2) is 0 Å². The average Bonchev–Trinajstić information content (AvgIpc) is 2.61. The minimum Gasteiger partial charge on any atom is -0.493 e. The lowest BCUT2D eigenvalue weighted by atomic mass is 10.1. The lowest BCUT2D eigenvalue weighted by Gasteiger charge is -2.12. The van der Waals surface area contributed by atoms with Crippen molar-refractivity contribution in [2.75, 3.05) is 6.61 Å². The van der Waals surface area contributed by atoms with Gasteiger partial charge >= 0.3 is 0 Å². The number of aliphatic hydroxyl groups excluding tert-OH is 1. The fourth-order valence-corrected chi connectivity index (χ4v) is 2.77. The van der Waals surface area contributed by atoms with Crippen molar-refractivity contribution in [2.24, 2.45) is 10.2 Å². The molecule has 0 aliphatic rings. The lowest BCUT2D eigenvalue weighted by molar-refractivity contribution is 0.274. The third kappa shape index (κ3) is 4.37. The van der Waals surface area contributed by atoms with Crippen LogP contribution in [-0.2, 0) is 16.7 Å². The van der Waals surface area contributed by atoms with E-state index in [0.29, 0.717) is 0 Å². The molecule has 0 saturated heterocycles. The molecule has 10 nitrogen and oxygen atoms in total. The highest BCUT2D eigenvalue weighted by atomic mass is 32.2. The molecule has 27 heavy (non-hydrogen) atoms. The zero-order valence-corrected chi connectivity index (χ0v) is 15.0. The zero-order valence-electron chi connectivity index (χ0n) is 14.2. The number of pyridine rings is 1. The van der Waals surface area contributed by atoms with Crippen LogP contribution in [0.25, 0.3) is 0 Å². The smallest absolute Gasteiger partial charge is 0.294 e. The number of hydrogen-bond donors (Lipinski definition) is 3. The van der Waals surface area contributed by atoms with Gasteiger partial charge in [-0.15, -0.1) is 5.11 Å². The van der Waals surface area contributed by atoms with E-state index in [1.807, 2.05) is 0 Å². The van der Waals surface area contributed by atoms with Gasteiger partial charge in [-0.3, -0.25) is 13.9 Å². The molecule has 0 aliphatic heterocycles. The number of aromatic hydroxyl groups is 1. The van der Waals surface area contributed by atoms with Crippen LogP contribution in [-0.4, -0.2) is 34.4 Å². The van der Waals surface area contributed by atoms with Gasteiger partial charge < -0.3 is 10.2 Å². The SMILES string of the molecule is Cc1c(C#N)c(O)n(CCCO)c(=O)c1N=Nc1ccc(S(=O)(=O)O)cc1. The minimum absolute atomic E-state index is 0.0122. The van der Waals surface area contributed by atoms with Crippen molar-refractivity contribution in [3.05, 3.63) is 45.7 Å². The highest BCUT2D eigenvalue weighted by molar-refractivity contribution is 7.85. The Hall–Kier alpha value is -3.07. The molecule has 1 aromatic carbocycles. The van der Waals surface area contributed by atoms with E-state index in [9.17, 15) is 23.6 Å². The van der Waals surface area contributed by atoms with Crippen molar-refractivity contribution < 1.29 is 23.2 Å². The topological polar surface area (TPSA) is 165 Å². The number of hydrogen-bond acceptors (Lipinski definition) is 8. The fourth-order valence-electron chi connectivity index (χ4n) is 2.29. The summed E-state index contributed by atoms with van der Waals surface area (Å²) in [5.41, 5.74) is -0.645. The number of nitrogens with zero attached hydrogens (tertiary/aromatic N) is 4. The van der Waals surface area contributed by atoms with Gasteiger partial charge in [0.25, 0.3) is 15.7 Å². The van der Waals surface area contributed by atoms with Crippen molar-refractivity contribution in [3.8, 4) is 11.9 Å². The second-order valence-corrected chi connectivity index (χ2v) is 6.91. The molecule has 0 radical (unpaired) electrons. The van der Waals surface area contributed by atoms with Crippen LogP contribution in [0.3, 0.4) is 0 Å². The van der Waals surface area contributed by atoms with Crippen molar-refractivity contribution in [2.45, 2.75) is 24.8 Å². The Morgan fingerprint density at radius 3 is 2.37 bits per heavy atom. The van der Waals surface area contributed by atoms with Gasteiger partial charge in [-0.1, -0.05) is 0 Å². The summed E-state index contributed by atoms with van der Waals surface area (Å²) < 4.78 is 31.9. The first-order valence-corrected chi connectivity index (χ1v) is 9.11. The molecule has 0 amide bonds. The number of aliphatic hydroxyl groups is 1. The van der Waals surface area contributed by atoms with E-state index < -0.39 is 21.6 Å². The Balaban J connectivity index is 2.50. The Kier molecular flexibility index (Phi) is 6.06. The van der Waals surface area contributed by atoms with Crippen LogP contribution in [0.2, 0.25) is 0 Å². The second kappa shape index (κ2) is 8.09. The van der Waals surface area contributed by atoms with E-state index in [4.69, 9.17) is 9.66 Å². The highest BCUT2D eigenvalue weighted by Crippen LogP contribution is 2.27. The monoisotopic (exact) mass is 392 g/mol. The third-order valence-electron chi connectivity index (χ3n) is 3.71. The first-order valence-electron chi connectivity index (χ1n) is 7.67. The number of benzene rings is 1. The molecule has 0 atom stereocenters. The van der Waals surface area contributed by atoms with Crippen molar-refractivity contribution in [3.63, 3.8) is 0 Å². The van der Waals surface area contributed by atoms with E-state index in [1.54, 1.807) is 6.07 Å². The van der Waals surface area contributed by atoms with Crippen LogP contribution in [0, 0.1) is 18.3 Å². The number of azo groups is 1. The van der Waals surface area contributed by atoms with Gasteiger partial charge in [0.1, 0.15) is 11.6 Å². The minimum atomic E-state index is -4.34. The summed E-state index contributed by atoms with van der Waals surface area (Å²) in [5.74, 6) is -0.509. The summed E-state index contributed by atoms with van der Waals surface area (Å²) in [6, 6.07) is 6.59. The summed E-state index contributed by atoms with van der Waals surface area (Å²) in [6.45, 7) is 1.21. The molecule has 3 N–H and O–H groups in total. The maximum atomic E-state index is 12.5. The van der Waals surface area contributed by atoms with Crippen molar-refractivity contribution in [1.82, 2.24) is 4.57 Å². The quantitative estimate of drug-likeness (QED) is 0.497. The summed E-state index contributed by atoms with van der Waals surface area (Å²) in [7, 11) is -4.34. The third-order valence-corrected chi connectivity index (χ3v) is 4.58. The first-order chi connectivity index (χ1) is 12.7. The predicted octanol–water partition coefficient (Wildman–Crippen LogP) is 1.78. The van der Waals surface area contributed by atoms with Gasteiger partial charge in [0.2, 0.25) is 5.88 Å². The van der Waals surface area contributed by atoms with E-state index in [0.717, 1.165) is 16.7 Å². The zero-order chi connectivity index (χ0) is 20.2. The van der Waals surface area contributed by atoms with E-state index in [-0.39, 0.29) is 47.0 Å². The maximum Gasteiger partial charge on any atom is 0.294 e. The fraction of sp³-hybridized carbons (Fsp3) is 0.250. The molecule has 11 heteroatoms.